The predicted molar refractivity (Wildman–Crippen MR) is 87.6 cm³/mol. The fraction of sp³-hybridized carbons (Fsp3) is 0.556. The molecule has 1 aromatic heterocycles. The number of unbranched alkanes of at least 4 members (excludes halogenated alkanes) is 6. The molecule has 0 saturated carbocycles. The Morgan fingerprint density at radius 3 is 2.48 bits per heavy atom. The summed E-state index contributed by atoms with van der Waals surface area (Å²) >= 11 is 0. The molecule has 116 valence electrons. The third-order valence-electron chi connectivity index (χ3n) is 3.80. The molecule has 1 heterocycles. The zero-order chi connectivity index (χ0) is 14.9. The third kappa shape index (κ3) is 4.50. The third-order valence-corrected chi connectivity index (χ3v) is 3.80. The van der Waals surface area contributed by atoms with Gasteiger partial charge in [-0.1, -0.05) is 57.6 Å². The Bertz CT molecular complexity index is 533. The molecule has 0 aliphatic heterocycles. The van der Waals surface area contributed by atoms with E-state index in [2.05, 4.69) is 6.92 Å². The largest absolute Gasteiger partial charge is 0.489 e. The van der Waals surface area contributed by atoms with Gasteiger partial charge in [-0.05, 0) is 18.6 Å². The minimum absolute atomic E-state index is 0.376. The second-order valence-corrected chi connectivity index (χ2v) is 5.52. The van der Waals surface area contributed by atoms with E-state index in [0.717, 1.165) is 35.5 Å². The monoisotopic (exact) mass is 289 g/mol. The summed E-state index contributed by atoms with van der Waals surface area (Å²) in [6, 6.07) is 7.94. The fourth-order valence-electron chi connectivity index (χ4n) is 2.60. The Labute approximate surface area is 127 Å². The lowest BCUT2D eigenvalue weighted by Crippen LogP contribution is -2.02. The predicted octanol–water partition coefficient (Wildman–Crippen LogP) is 5.02. The molecule has 0 amide bonds. The molecule has 0 unspecified atom stereocenters. The van der Waals surface area contributed by atoms with Gasteiger partial charge >= 0.3 is 0 Å². The number of fused-ring (bicyclic) bond motifs is 1. The van der Waals surface area contributed by atoms with Crippen LogP contribution >= 0.6 is 0 Å². The van der Waals surface area contributed by atoms with Crippen molar-refractivity contribution in [2.75, 3.05) is 6.61 Å². The average molecular weight is 289 g/mol. The smallest absolute Gasteiger partial charge is 0.169 e. The van der Waals surface area contributed by atoms with Crippen LogP contribution in [0.3, 0.4) is 0 Å². The number of nitrogens with two attached hydrogens (primary N) is 1. The maximum Gasteiger partial charge on any atom is 0.169 e. The SMILES string of the molecule is CCCCCCCCCOc1c(CN)oc2ccccc12. The quantitative estimate of drug-likeness (QED) is 0.625. The molecule has 0 aliphatic carbocycles. The molecule has 3 nitrogen and oxygen atoms in total. The normalized spacial score (nSPS) is 11.1. The molecule has 0 radical (unpaired) electrons. The van der Waals surface area contributed by atoms with Gasteiger partial charge in [-0.2, -0.15) is 0 Å². The number of hydrogen-bond donors (Lipinski definition) is 1. The van der Waals surface area contributed by atoms with Gasteiger partial charge in [-0.15, -0.1) is 0 Å². The van der Waals surface area contributed by atoms with Crippen molar-refractivity contribution in [2.45, 2.75) is 58.4 Å². The summed E-state index contributed by atoms with van der Waals surface area (Å²) in [5.74, 6) is 1.58. The van der Waals surface area contributed by atoms with Crippen LogP contribution in [0.5, 0.6) is 5.75 Å². The molecule has 0 spiro atoms. The van der Waals surface area contributed by atoms with Gasteiger partial charge in [0.05, 0.1) is 18.5 Å². The van der Waals surface area contributed by atoms with Crippen LogP contribution in [0.25, 0.3) is 11.0 Å². The van der Waals surface area contributed by atoms with Crippen LogP contribution in [0.2, 0.25) is 0 Å². The van der Waals surface area contributed by atoms with E-state index in [1.165, 1.54) is 38.5 Å². The molecular weight excluding hydrogens is 262 g/mol. The molecule has 0 atom stereocenters. The maximum absolute atomic E-state index is 5.94. The first-order valence-corrected chi connectivity index (χ1v) is 8.20. The van der Waals surface area contributed by atoms with Crippen molar-refractivity contribution in [1.82, 2.24) is 0 Å². The first-order chi connectivity index (χ1) is 10.4. The summed E-state index contributed by atoms with van der Waals surface area (Å²) in [6.07, 6.45) is 9.00. The van der Waals surface area contributed by atoms with E-state index in [0.29, 0.717) is 6.54 Å². The van der Waals surface area contributed by atoms with Crippen LogP contribution < -0.4 is 10.5 Å². The highest BCUT2D eigenvalue weighted by molar-refractivity contribution is 5.85. The van der Waals surface area contributed by atoms with E-state index in [1.54, 1.807) is 0 Å². The summed E-state index contributed by atoms with van der Waals surface area (Å²) < 4.78 is 11.7. The Hall–Kier alpha value is -1.48. The van der Waals surface area contributed by atoms with Crippen LogP contribution in [0.4, 0.5) is 0 Å². The number of furan rings is 1. The van der Waals surface area contributed by atoms with Crippen molar-refractivity contribution in [3.8, 4) is 5.75 Å². The van der Waals surface area contributed by atoms with E-state index < -0.39 is 0 Å². The van der Waals surface area contributed by atoms with Gasteiger partial charge in [0, 0.05) is 0 Å². The Balaban J connectivity index is 1.78. The first kappa shape index (κ1) is 15.9. The molecule has 0 aliphatic rings. The van der Waals surface area contributed by atoms with Gasteiger partial charge < -0.3 is 14.9 Å². The second-order valence-electron chi connectivity index (χ2n) is 5.52. The molecule has 0 fully saturated rings. The minimum atomic E-state index is 0.376. The van der Waals surface area contributed by atoms with E-state index in [9.17, 15) is 0 Å². The molecule has 0 saturated heterocycles. The van der Waals surface area contributed by atoms with Crippen LogP contribution in [0, 0.1) is 0 Å². The van der Waals surface area contributed by atoms with E-state index in [4.69, 9.17) is 14.9 Å². The highest BCUT2D eigenvalue weighted by Gasteiger charge is 2.13. The Morgan fingerprint density at radius 2 is 1.71 bits per heavy atom. The number of rotatable bonds is 10. The van der Waals surface area contributed by atoms with Crippen LogP contribution in [-0.4, -0.2) is 6.61 Å². The van der Waals surface area contributed by atoms with Crippen LogP contribution in [0.15, 0.2) is 28.7 Å². The van der Waals surface area contributed by atoms with Gasteiger partial charge in [0.1, 0.15) is 5.58 Å². The highest BCUT2D eigenvalue weighted by Crippen LogP contribution is 2.32. The zero-order valence-corrected chi connectivity index (χ0v) is 13.1. The zero-order valence-electron chi connectivity index (χ0n) is 13.1. The highest BCUT2D eigenvalue weighted by atomic mass is 16.5. The summed E-state index contributed by atoms with van der Waals surface area (Å²) in [5, 5.41) is 1.03. The summed E-state index contributed by atoms with van der Waals surface area (Å²) in [7, 11) is 0. The molecule has 21 heavy (non-hydrogen) atoms. The van der Waals surface area contributed by atoms with Gasteiger partial charge in [-0.25, -0.2) is 0 Å². The second kappa shape index (κ2) is 8.73. The molecule has 2 rings (SSSR count). The average Bonchev–Trinajstić information content (AvgIpc) is 2.88. The first-order valence-electron chi connectivity index (χ1n) is 8.20. The molecule has 2 aromatic rings. The fourth-order valence-corrected chi connectivity index (χ4v) is 2.60. The van der Waals surface area contributed by atoms with E-state index in [1.807, 2.05) is 24.3 Å². The van der Waals surface area contributed by atoms with Crippen molar-refractivity contribution in [1.29, 1.82) is 0 Å². The number of ether oxygens (including phenoxy) is 1. The molecule has 0 bridgehead atoms. The standard InChI is InChI=1S/C18H27NO2/c1-2-3-4-5-6-7-10-13-20-18-15-11-8-9-12-16(15)21-17(18)14-19/h8-9,11-12H,2-7,10,13-14,19H2,1H3. The Kier molecular flexibility index (Phi) is 6.61. The van der Waals surface area contributed by atoms with E-state index in [-0.39, 0.29) is 0 Å². The molecule has 3 heteroatoms. The van der Waals surface area contributed by atoms with Gasteiger partial charge in [0.15, 0.2) is 11.5 Å². The molecule has 1 aromatic carbocycles. The van der Waals surface area contributed by atoms with Crippen molar-refractivity contribution < 1.29 is 9.15 Å². The van der Waals surface area contributed by atoms with Gasteiger partial charge in [0.25, 0.3) is 0 Å². The van der Waals surface area contributed by atoms with Gasteiger partial charge in [-0.3, -0.25) is 0 Å². The molecule has 2 N–H and O–H groups in total. The topological polar surface area (TPSA) is 48.4 Å². The molecular formula is C18H27NO2. The summed E-state index contributed by atoms with van der Waals surface area (Å²) in [6.45, 7) is 3.36. The lowest BCUT2D eigenvalue weighted by atomic mass is 10.1. The summed E-state index contributed by atoms with van der Waals surface area (Å²) in [4.78, 5) is 0. The van der Waals surface area contributed by atoms with Gasteiger partial charge in [0.2, 0.25) is 0 Å². The van der Waals surface area contributed by atoms with E-state index >= 15 is 0 Å². The van der Waals surface area contributed by atoms with Crippen LogP contribution in [-0.2, 0) is 6.54 Å². The lowest BCUT2D eigenvalue weighted by Gasteiger charge is -2.06. The minimum Gasteiger partial charge on any atom is -0.489 e. The summed E-state index contributed by atoms with van der Waals surface area (Å²) in [5.41, 5.74) is 6.59. The number of benzene rings is 1. The number of para-hydroxylation sites is 1. The van der Waals surface area contributed by atoms with Crippen molar-refractivity contribution in [3.05, 3.63) is 30.0 Å². The maximum atomic E-state index is 5.94. The van der Waals surface area contributed by atoms with Crippen LogP contribution in [0.1, 0.15) is 57.6 Å². The van der Waals surface area contributed by atoms with Crippen molar-refractivity contribution >= 4 is 11.0 Å². The Morgan fingerprint density at radius 1 is 1.00 bits per heavy atom. The van der Waals surface area contributed by atoms with Crippen molar-refractivity contribution in [2.24, 2.45) is 5.73 Å². The lowest BCUT2D eigenvalue weighted by molar-refractivity contribution is 0.298. The van der Waals surface area contributed by atoms with Crippen molar-refractivity contribution in [3.63, 3.8) is 0 Å². The number of hydrogen-bond acceptors (Lipinski definition) is 3.